The molecule has 1 aliphatic rings. The van der Waals surface area contributed by atoms with Gasteiger partial charge in [-0.15, -0.1) is 0 Å². The lowest BCUT2D eigenvalue weighted by atomic mass is 10.0. The Morgan fingerprint density at radius 3 is 2.65 bits per heavy atom. The summed E-state index contributed by atoms with van der Waals surface area (Å²) in [6.45, 7) is 7.24. The molecule has 11 nitrogen and oxygen atoms in total. The number of hydrogen-bond acceptors (Lipinski definition) is 9. The van der Waals surface area contributed by atoms with Crippen LogP contribution in [0.3, 0.4) is 0 Å². The molecule has 4 rings (SSSR count). The number of nitrogens with zero attached hydrogens (tertiary/aromatic N) is 5. The highest BCUT2D eigenvalue weighted by molar-refractivity contribution is 5.72. The molecule has 2 N–H and O–H groups in total. The molecule has 0 saturated carbocycles. The van der Waals surface area contributed by atoms with Crippen molar-refractivity contribution in [1.29, 1.82) is 5.26 Å². The van der Waals surface area contributed by atoms with Crippen molar-refractivity contribution in [2.45, 2.75) is 51.8 Å². The number of hydrogen-bond donors (Lipinski definition) is 2. The van der Waals surface area contributed by atoms with Crippen LogP contribution >= 0.6 is 0 Å². The Labute approximate surface area is 215 Å². The number of methoxy groups -OCH3 is 1. The molecule has 1 fully saturated rings. The van der Waals surface area contributed by atoms with E-state index in [1.165, 1.54) is 12.4 Å². The summed E-state index contributed by atoms with van der Waals surface area (Å²) >= 11 is 0. The second kappa shape index (κ2) is 11.3. The summed E-state index contributed by atoms with van der Waals surface area (Å²) in [5.74, 6) is 1.65. The zero-order valence-corrected chi connectivity index (χ0v) is 21.4. The number of rotatable bonds is 7. The topological polar surface area (TPSA) is 138 Å². The van der Waals surface area contributed by atoms with Crippen LogP contribution in [0.1, 0.15) is 44.9 Å². The number of amides is 1. The van der Waals surface area contributed by atoms with Crippen molar-refractivity contribution < 1.29 is 19.0 Å². The van der Waals surface area contributed by atoms with Crippen molar-refractivity contribution in [2.75, 3.05) is 25.6 Å². The highest BCUT2D eigenvalue weighted by Crippen LogP contribution is 2.32. The van der Waals surface area contributed by atoms with Crippen LogP contribution in [0.4, 0.5) is 16.4 Å². The molecule has 0 spiro atoms. The SMILES string of the molecule is COc1cc(CN(C(=O)OC(C)(C)C)C2CCOCC2)ccc1-c1cc(Nc2cnc(C#N)cn2)n[nH]1. The molecular formula is C26H31N7O4. The lowest BCUT2D eigenvalue weighted by Crippen LogP contribution is -2.45. The minimum Gasteiger partial charge on any atom is -0.496 e. The summed E-state index contributed by atoms with van der Waals surface area (Å²) in [6, 6.07) is 9.63. The number of aromatic amines is 1. The van der Waals surface area contributed by atoms with Crippen LogP contribution in [0.15, 0.2) is 36.7 Å². The van der Waals surface area contributed by atoms with Crippen LogP contribution in [-0.4, -0.2) is 63.1 Å². The number of nitrogens with one attached hydrogen (secondary N) is 2. The summed E-state index contributed by atoms with van der Waals surface area (Å²) in [5, 5.41) is 19.2. The maximum Gasteiger partial charge on any atom is 0.410 e. The number of nitriles is 1. The molecule has 194 valence electrons. The molecule has 37 heavy (non-hydrogen) atoms. The zero-order chi connectivity index (χ0) is 26.4. The summed E-state index contributed by atoms with van der Waals surface area (Å²) in [5.41, 5.74) is 2.12. The van der Waals surface area contributed by atoms with Gasteiger partial charge in [0.15, 0.2) is 11.5 Å². The lowest BCUT2D eigenvalue weighted by molar-refractivity contribution is -0.00810. The van der Waals surface area contributed by atoms with Gasteiger partial charge in [0.25, 0.3) is 0 Å². The quantitative estimate of drug-likeness (QED) is 0.478. The van der Waals surface area contributed by atoms with Crippen LogP contribution in [-0.2, 0) is 16.0 Å². The van der Waals surface area contributed by atoms with Gasteiger partial charge in [-0.3, -0.25) is 5.10 Å². The lowest BCUT2D eigenvalue weighted by Gasteiger charge is -2.35. The highest BCUT2D eigenvalue weighted by atomic mass is 16.6. The molecule has 1 saturated heterocycles. The Balaban J connectivity index is 1.52. The number of carbonyl (C=O) groups excluding carboxylic acids is 1. The van der Waals surface area contributed by atoms with E-state index in [1.54, 1.807) is 12.0 Å². The molecule has 0 bridgehead atoms. The third kappa shape index (κ3) is 6.74. The molecule has 0 atom stereocenters. The van der Waals surface area contributed by atoms with E-state index in [1.807, 2.05) is 51.1 Å². The first kappa shape index (κ1) is 25.9. The summed E-state index contributed by atoms with van der Waals surface area (Å²) in [6.07, 6.45) is 4.05. The predicted octanol–water partition coefficient (Wildman–Crippen LogP) is 4.41. The first-order valence-electron chi connectivity index (χ1n) is 12.0. The van der Waals surface area contributed by atoms with Crippen LogP contribution < -0.4 is 10.1 Å². The summed E-state index contributed by atoms with van der Waals surface area (Å²) in [7, 11) is 1.61. The number of carbonyl (C=O) groups is 1. The summed E-state index contributed by atoms with van der Waals surface area (Å²) in [4.78, 5) is 23.0. The van der Waals surface area contributed by atoms with Crippen LogP contribution in [0.2, 0.25) is 0 Å². The fourth-order valence-electron chi connectivity index (χ4n) is 4.02. The second-order valence-electron chi connectivity index (χ2n) is 9.68. The monoisotopic (exact) mass is 505 g/mol. The van der Waals surface area contributed by atoms with Gasteiger partial charge in [-0.05, 0) is 51.3 Å². The third-order valence-corrected chi connectivity index (χ3v) is 5.77. The van der Waals surface area contributed by atoms with E-state index in [2.05, 4.69) is 25.5 Å². The first-order valence-corrected chi connectivity index (χ1v) is 12.0. The molecule has 3 aromatic rings. The molecule has 2 aromatic heterocycles. The minimum absolute atomic E-state index is 0.0424. The minimum atomic E-state index is -0.586. The van der Waals surface area contributed by atoms with Crippen molar-refractivity contribution in [2.24, 2.45) is 0 Å². The third-order valence-electron chi connectivity index (χ3n) is 5.77. The van der Waals surface area contributed by atoms with E-state index in [4.69, 9.17) is 19.5 Å². The molecule has 0 radical (unpaired) electrons. The van der Waals surface area contributed by atoms with Gasteiger partial charge in [0.05, 0.1) is 25.2 Å². The van der Waals surface area contributed by atoms with Gasteiger partial charge < -0.3 is 24.4 Å². The average Bonchev–Trinajstić information content (AvgIpc) is 3.35. The first-order chi connectivity index (χ1) is 17.8. The standard InChI is InChI=1S/C26H31N7O4/c1-26(2,3)37-25(34)33(19-7-9-36-10-8-19)16-17-5-6-20(22(11-17)35-4)21-12-23(32-31-21)30-24-15-28-18(13-27)14-29-24/h5-6,11-12,14-15,19H,7-10,16H2,1-4H3,(H2,29,30,31,32). The van der Waals surface area contributed by atoms with Crippen LogP contribution in [0.25, 0.3) is 11.3 Å². The number of aromatic nitrogens is 4. The van der Waals surface area contributed by atoms with Gasteiger partial charge in [-0.25, -0.2) is 14.8 Å². The molecule has 1 amide bonds. The maximum absolute atomic E-state index is 13.1. The smallest absolute Gasteiger partial charge is 0.410 e. The van der Waals surface area contributed by atoms with Crippen molar-refractivity contribution in [3.05, 3.63) is 47.9 Å². The predicted molar refractivity (Wildman–Crippen MR) is 136 cm³/mol. The van der Waals surface area contributed by atoms with E-state index in [0.717, 1.165) is 29.7 Å². The second-order valence-corrected chi connectivity index (χ2v) is 9.68. The molecule has 11 heteroatoms. The van der Waals surface area contributed by atoms with Crippen molar-refractivity contribution in [3.63, 3.8) is 0 Å². The Bertz CT molecular complexity index is 1260. The van der Waals surface area contributed by atoms with E-state index < -0.39 is 5.60 Å². The van der Waals surface area contributed by atoms with Gasteiger partial charge in [0.2, 0.25) is 0 Å². The van der Waals surface area contributed by atoms with Crippen LogP contribution in [0, 0.1) is 11.3 Å². The van der Waals surface area contributed by atoms with E-state index in [-0.39, 0.29) is 17.8 Å². The summed E-state index contributed by atoms with van der Waals surface area (Å²) < 4.78 is 16.9. The maximum atomic E-state index is 13.1. The van der Waals surface area contributed by atoms with Crippen LogP contribution in [0.5, 0.6) is 5.75 Å². The number of anilines is 2. The molecule has 1 aliphatic heterocycles. The van der Waals surface area contributed by atoms with E-state index in [0.29, 0.717) is 37.1 Å². The van der Waals surface area contributed by atoms with Gasteiger partial charge in [0.1, 0.15) is 23.2 Å². The number of benzene rings is 1. The van der Waals surface area contributed by atoms with E-state index >= 15 is 0 Å². The molecule has 0 unspecified atom stereocenters. The van der Waals surface area contributed by atoms with Gasteiger partial charge in [-0.2, -0.15) is 10.4 Å². The molecule has 1 aromatic carbocycles. The van der Waals surface area contributed by atoms with Crippen molar-refractivity contribution >= 4 is 17.7 Å². The fraction of sp³-hybridized carbons (Fsp3) is 0.423. The van der Waals surface area contributed by atoms with E-state index in [9.17, 15) is 4.79 Å². The average molecular weight is 506 g/mol. The zero-order valence-electron chi connectivity index (χ0n) is 21.4. The van der Waals surface area contributed by atoms with Crippen molar-refractivity contribution in [3.8, 4) is 23.1 Å². The van der Waals surface area contributed by atoms with Gasteiger partial charge in [-0.1, -0.05) is 6.07 Å². The number of ether oxygens (including phenoxy) is 3. The Morgan fingerprint density at radius 1 is 1.22 bits per heavy atom. The molecule has 3 heterocycles. The Kier molecular flexibility index (Phi) is 7.89. The normalized spacial score (nSPS) is 14.0. The molecule has 0 aliphatic carbocycles. The van der Waals surface area contributed by atoms with Gasteiger partial charge in [0, 0.05) is 37.4 Å². The highest BCUT2D eigenvalue weighted by Gasteiger charge is 2.30. The van der Waals surface area contributed by atoms with Crippen molar-refractivity contribution in [1.82, 2.24) is 25.1 Å². The Morgan fingerprint density at radius 2 is 2.00 bits per heavy atom. The number of H-pyrrole nitrogens is 1. The fourth-order valence-corrected chi connectivity index (χ4v) is 4.02. The van der Waals surface area contributed by atoms with Gasteiger partial charge >= 0.3 is 6.09 Å². The largest absolute Gasteiger partial charge is 0.496 e. The Hall–Kier alpha value is -4.17. The molecular weight excluding hydrogens is 474 g/mol.